The summed E-state index contributed by atoms with van der Waals surface area (Å²) >= 11 is 5.34. The first-order valence-corrected chi connectivity index (χ1v) is 6.37. The third-order valence-electron chi connectivity index (χ3n) is 2.85. The van der Waals surface area contributed by atoms with Crippen LogP contribution in [0, 0.1) is 0 Å². The van der Waals surface area contributed by atoms with E-state index in [0.29, 0.717) is 11.7 Å². The number of hydrogen-bond acceptors (Lipinski definition) is 3. The van der Waals surface area contributed by atoms with Gasteiger partial charge >= 0.3 is 0 Å². The number of hydrogen-bond donors (Lipinski definition) is 1. The lowest BCUT2D eigenvalue weighted by molar-refractivity contribution is 0.587. The van der Waals surface area contributed by atoms with Gasteiger partial charge in [0.05, 0.1) is 5.52 Å². The molecule has 3 rings (SSSR count). The van der Waals surface area contributed by atoms with E-state index in [1.807, 2.05) is 54.6 Å². The Hall–Kier alpha value is -2.27. The number of nitrogens with zero attached hydrogens (tertiary/aromatic N) is 3. The summed E-state index contributed by atoms with van der Waals surface area (Å²) in [6, 6.07) is 17.7. The van der Waals surface area contributed by atoms with Gasteiger partial charge in [-0.15, -0.1) is 5.10 Å². The summed E-state index contributed by atoms with van der Waals surface area (Å²) in [4.78, 5) is 0.709. The molecule has 19 heavy (non-hydrogen) atoms. The predicted octanol–water partition coefficient (Wildman–Crippen LogP) is 2.35. The lowest BCUT2D eigenvalue weighted by Crippen LogP contribution is -2.25. The van der Waals surface area contributed by atoms with Crippen molar-refractivity contribution in [2.24, 2.45) is 0 Å². The zero-order valence-electron chi connectivity index (χ0n) is 10.2. The molecule has 0 aliphatic heterocycles. The van der Waals surface area contributed by atoms with E-state index in [4.69, 9.17) is 12.2 Å². The molecule has 2 aromatic carbocycles. The minimum Gasteiger partial charge on any atom is -0.357 e. The SMILES string of the molecule is S=C(NCn1nnc2ccccc21)c1ccccc1. The van der Waals surface area contributed by atoms with E-state index >= 15 is 0 Å². The van der Waals surface area contributed by atoms with Gasteiger partial charge in [0.15, 0.2) is 0 Å². The van der Waals surface area contributed by atoms with Crippen LogP contribution in [0.5, 0.6) is 0 Å². The van der Waals surface area contributed by atoms with Crippen LogP contribution in [0.25, 0.3) is 11.0 Å². The topological polar surface area (TPSA) is 42.7 Å². The van der Waals surface area contributed by atoms with Crippen molar-refractivity contribution in [2.45, 2.75) is 6.67 Å². The van der Waals surface area contributed by atoms with E-state index in [1.54, 1.807) is 4.68 Å². The second-order valence-corrected chi connectivity index (χ2v) is 4.52. The van der Waals surface area contributed by atoms with Gasteiger partial charge in [0.2, 0.25) is 0 Å². The maximum atomic E-state index is 5.34. The highest BCUT2D eigenvalue weighted by molar-refractivity contribution is 7.80. The first kappa shape index (κ1) is 11.8. The Kier molecular flexibility index (Phi) is 3.20. The second kappa shape index (κ2) is 5.16. The van der Waals surface area contributed by atoms with Gasteiger partial charge in [-0.1, -0.05) is 59.9 Å². The fourth-order valence-corrected chi connectivity index (χ4v) is 2.07. The third-order valence-corrected chi connectivity index (χ3v) is 3.23. The van der Waals surface area contributed by atoms with Crippen LogP contribution in [0.3, 0.4) is 0 Å². The molecule has 1 aromatic heterocycles. The van der Waals surface area contributed by atoms with Crippen LogP contribution in [0.4, 0.5) is 0 Å². The first-order valence-electron chi connectivity index (χ1n) is 5.96. The first-order chi connectivity index (χ1) is 9.34. The molecule has 0 aliphatic rings. The minimum absolute atomic E-state index is 0.508. The largest absolute Gasteiger partial charge is 0.357 e. The third kappa shape index (κ3) is 2.46. The lowest BCUT2D eigenvalue weighted by atomic mass is 10.2. The molecule has 0 fully saturated rings. The molecule has 0 unspecified atom stereocenters. The molecule has 0 saturated carbocycles. The lowest BCUT2D eigenvalue weighted by Gasteiger charge is -2.08. The van der Waals surface area contributed by atoms with Gasteiger partial charge in [0, 0.05) is 5.56 Å². The van der Waals surface area contributed by atoms with Crippen LogP contribution in [0.2, 0.25) is 0 Å². The Balaban J connectivity index is 1.75. The second-order valence-electron chi connectivity index (χ2n) is 4.11. The van der Waals surface area contributed by atoms with E-state index in [9.17, 15) is 0 Å². The van der Waals surface area contributed by atoms with Crippen molar-refractivity contribution in [1.82, 2.24) is 20.3 Å². The Morgan fingerprint density at radius 1 is 1.05 bits per heavy atom. The van der Waals surface area contributed by atoms with Crippen LogP contribution < -0.4 is 5.32 Å². The quantitative estimate of drug-likeness (QED) is 0.741. The van der Waals surface area contributed by atoms with E-state index in [2.05, 4.69) is 15.6 Å². The van der Waals surface area contributed by atoms with E-state index in [-0.39, 0.29) is 0 Å². The summed E-state index contributed by atoms with van der Waals surface area (Å²) in [5.74, 6) is 0. The minimum atomic E-state index is 0.508. The molecule has 3 aromatic rings. The maximum absolute atomic E-state index is 5.34. The molecule has 94 valence electrons. The van der Waals surface area contributed by atoms with Crippen LogP contribution in [-0.2, 0) is 6.67 Å². The van der Waals surface area contributed by atoms with E-state index in [0.717, 1.165) is 16.6 Å². The van der Waals surface area contributed by atoms with Gasteiger partial charge in [-0.3, -0.25) is 0 Å². The van der Waals surface area contributed by atoms with Crippen LogP contribution >= 0.6 is 12.2 Å². The zero-order chi connectivity index (χ0) is 13.1. The van der Waals surface area contributed by atoms with Gasteiger partial charge in [0.1, 0.15) is 17.2 Å². The molecule has 1 heterocycles. The maximum Gasteiger partial charge on any atom is 0.113 e. The fraction of sp³-hybridized carbons (Fsp3) is 0.0714. The van der Waals surface area contributed by atoms with Crippen molar-refractivity contribution in [2.75, 3.05) is 0 Å². The molecule has 5 heteroatoms. The number of nitrogens with one attached hydrogen (secondary N) is 1. The van der Waals surface area contributed by atoms with Crippen molar-refractivity contribution in [3.05, 3.63) is 60.2 Å². The summed E-state index contributed by atoms with van der Waals surface area (Å²) in [5, 5.41) is 11.4. The van der Waals surface area contributed by atoms with Crippen molar-refractivity contribution < 1.29 is 0 Å². The molecule has 0 spiro atoms. The van der Waals surface area contributed by atoms with Crippen molar-refractivity contribution >= 4 is 28.2 Å². The highest BCUT2D eigenvalue weighted by Crippen LogP contribution is 2.09. The molecule has 0 bridgehead atoms. The van der Waals surface area contributed by atoms with Gasteiger partial charge in [-0.2, -0.15) is 0 Å². The molecule has 1 N–H and O–H groups in total. The molecule has 0 atom stereocenters. The molecule has 0 amide bonds. The van der Waals surface area contributed by atoms with Gasteiger partial charge < -0.3 is 5.32 Å². The smallest absolute Gasteiger partial charge is 0.113 e. The molecule has 0 saturated heterocycles. The summed E-state index contributed by atoms with van der Waals surface area (Å²) in [5.41, 5.74) is 2.88. The standard InChI is InChI=1S/C14H12N4S/c19-14(11-6-2-1-3-7-11)15-10-18-13-9-5-4-8-12(13)16-17-18/h1-9H,10H2,(H,15,19). The van der Waals surface area contributed by atoms with Gasteiger partial charge in [-0.05, 0) is 12.1 Å². The summed E-state index contributed by atoms with van der Waals surface area (Å²) < 4.78 is 1.80. The number of thiocarbonyl (C=S) groups is 1. The number of aromatic nitrogens is 3. The molecular formula is C14H12N4S. The zero-order valence-corrected chi connectivity index (χ0v) is 11.0. The Labute approximate surface area is 116 Å². The molecular weight excluding hydrogens is 256 g/mol. The van der Waals surface area contributed by atoms with E-state index in [1.165, 1.54) is 0 Å². The summed E-state index contributed by atoms with van der Waals surface area (Å²) in [7, 11) is 0. The number of para-hydroxylation sites is 1. The van der Waals surface area contributed by atoms with Gasteiger partial charge in [0.25, 0.3) is 0 Å². The van der Waals surface area contributed by atoms with Crippen LogP contribution in [0.1, 0.15) is 5.56 Å². The summed E-state index contributed by atoms with van der Waals surface area (Å²) in [6.07, 6.45) is 0. The van der Waals surface area contributed by atoms with Crippen LogP contribution in [-0.4, -0.2) is 20.0 Å². The molecule has 0 radical (unpaired) electrons. The van der Waals surface area contributed by atoms with E-state index < -0.39 is 0 Å². The highest BCUT2D eigenvalue weighted by atomic mass is 32.1. The number of benzene rings is 2. The average molecular weight is 268 g/mol. The van der Waals surface area contributed by atoms with Crippen molar-refractivity contribution in [3.8, 4) is 0 Å². The predicted molar refractivity (Wildman–Crippen MR) is 78.8 cm³/mol. The number of rotatable bonds is 3. The van der Waals surface area contributed by atoms with Crippen molar-refractivity contribution in [1.29, 1.82) is 0 Å². The summed E-state index contributed by atoms with van der Waals surface area (Å²) in [6.45, 7) is 0.508. The monoisotopic (exact) mass is 268 g/mol. The Morgan fingerprint density at radius 2 is 1.79 bits per heavy atom. The Bertz CT molecular complexity index is 706. The normalized spacial score (nSPS) is 10.5. The van der Waals surface area contributed by atoms with Gasteiger partial charge in [-0.25, -0.2) is 4.68 Å². The fourth-order valence-electron chi connectivity index (χ4n) is 1.87. The molecule has 4 nitrogen and oxygen atoms in total. The Morgan fingerprint density at radius 3 is 2.63 bits per heavy atom. The van der Waals surface area contributed by atoms with Crippen molar-refractivity contribution in [3.63, 3.8) is 0 Å². The van der Waals surface area contributed by atoms with Crippen LogP contribution in [0.15, 0.2) is 54.6 Å². The molecule has 0 aliphatic carbocycles. The highest BCUT2D eigenvalue weighted by Gasteiger charge is 2.04. The number of fused-ring (bicyclic) bond motifs is 1. The average Bonchev–Trinajstić information content (AvgIpc) is 2.89.